The first-order valence-electron chi connectivity index (χ1n) is 9.98. The lowest BCUT2D eigenvalue weighted by molar-refractivity contribution is -0.137. The van der Waals surface area contributed by atoms with Gasteiger partial charge in [0.2, 0.25) is 5.95 Å². The minimum atomic E-state index is -4.55. The van der Waals surface area contributed by atoms with Gasteiger partial charge in [0.25, 0.3) is 0 Å². The number of anilines is 1. The van der Waals surface area contributed by atoms with Crippen LogP contribution in [-0.2, 0) is 6.18 Å². The lowest BCUT2D eigenvalue weighted by Crippen LogP contribution is -2.30. The summed E-state index contributed by atoms with van der Waals surface area (Å²) in [5.74, 6) is 0.491. The molecule has 5 nitrogen and oxygen atoms in total. The van der Waals surface area contributed by atoms with Gasteiger partial charge in [-0.2, -0.15) is 13.2 Å². The van der Waals surface area contributed by atoms with Crippen molar-refractivity contribution in [1.82, 2.24) is 15.0 Å². The zero-order valence-corrected chi connectivity index (χ0v) is 17.8. The number of nitrogens with one attached hydrogen (secondary N) is 2. The number of para-hydroxylation sites is 1. The summed E-state index contributed by atoms with van der Waals surface area (Å²) < 4.78 is 41.3. The third-order valence-corrected chi connectivity index (χ3v) is 7.14. The molecule has 0 bridgehead atoms. The molecule has 0 unspecified atom stereocenters. The van der Waals surface area contributed by atoms with Gasteiger partial charge < -0.3 is 16.0 Å². The Balaban J connectivity index is 1.81. The fourth-order valence-electron chi connectivity index (χ4n) is 4.25. The van der Waals surface area contributed by atoms with Gasteiger partial charge in [-0.3, -0.25) is 0 Å². The van der Waals surface area contributed by atoms with E-state index in [9.17, 15) is 13.2 Å². The molecule has 4 rings (SSSR count). The second-order valence-electron chi connectivity index (χ2n) is 7.93. The highest BCUT2D eigenvalue weighted by Crippen LogP contribution is 2.40. The predicted molar refractivity (Wildman–Crippen MR) is 117 cm³/mol. The van der Waals surface area contributed by atoms with E-state index < -0.39 is 19.7 Å². The smallest absolute Gasteiger partial charge is 0.360 e. The summed E-state index contributed by atoms with van der Waals surface area (Å²) in [5.41, 5.74) is 6.19. The van der Waals surface area contributed by atoms with E-state index in [1.807, 2.05) is 18.2 Å². The third-order valence-electron chi connectivity index (χ3n) is 5.80. The highest BCUT2D eigenvalue weighted by Gasteiger charge is 2.36. The predicted octanol–water partition coefficient (Wildman–Crippen LogP) is 4.55. The molecule has 9 heteroatoms. The van der Waals surface area contributed by atoms with Crippen molar-refractivity contribution in [2.75, 3.05) is 25.2 Å². The number of fused-ring (bicyclic) bond motifs is 1. The molecule has 3 aromatic rings. The van der Waals surface area contributed by atoms with Crippen LogP contribution in [0.5, 0.6) is 0 Å². The van der Waals surface area contributed by atoms with Crippen LogP contribution in [0, 0.1) is 5.92 Å². The number of hydrogen-bond acceptors (Lipinski definition) is 4. The van der Waals surface area contributed by atoms with Gasteiger partial charge in [-0.25, -0.2) is 9.97 Å². The number of H-pyrrole nitrogens is 1. The first kappa shape index (κ1) is 21.1. The molecule has 1 fully saturated rings. The van der Waals surface area contributed by atoms with E-state index in [4.69, 9.17) is 5.73 Å². The molecule has 160 valence electrons. The molecule has 1 aliphatic carbocycles. The van der Waals surface area contributed by atoms with E-state index >= 15 is 0 Å². The molecule has 4 N–H and O–H groups in total. The zero-order valence-electron chi connectivity index (χ0n) is 16.9. The molecule has 1 saturated carbocycles. The fraction of sp³-hybridized carbons (Fsp3) is 0.429. The van der Waals surface area contributed by atoms with Crippen LogP contribution in [0.2, 0.25) is 0 Å². The molecule has 0 spiro atoms. The number of benzene rings is 1. The summed E-state index contributed by atoms with van der Waals surface area (Å²) in [5, 5.41) is 5.08. The standard InChI is InChI=1S/C21H25F3N5P/c1-30(2)17-8-4-6-13-14(10-26-19(13)17)18-15(21(22,23)24)11-27-20(29-18)28-16-7-3-5-12(16)9-25/h4,6,8,10-12,16,26H,3,5,7,9,25H2,1-2H3,(H,27,28,29)/t12-,16-/m1/s1. The zero-order chi connectivity index (χ0) is 21.5. The summed E-state index contributed by atoms with van der Waals surface area (Å²) >= 11 is 0. The van der Waals surface area contributed by atoms with Crippen LogP contribution in [0.3, 0.4) is 0 Å². The highest BCUT2D eigenvalue weighted by molar-refractivity contribution is 7.64. The quantitative estimate of drug-likeness (QED) is 0.514. The van der Waals surface area contributed by atoms with Crippen molar-refractivity contribution < 1.29 is 13.2 Å². The summed E-state index contributed by atoms with van der Waals surface area (Å²) in [7, 11) is -0.414. The molecule has 1 aromatic carbocycles. The Bertz CT molecular complexity index is 1050. The van der Waals surface area contributed by atoms with Gasteiger partial charge in [0.1, 0.15) is 5.56 Å². The van der Waals surface area contributed by atoms with Crippen molar-refractivity contribution in [2.24, 2.45) is 11.7 Å². The van der Waals surface area contributed by atoms with Crippen LogP contribution < -0.4 is 16.4 Å². The van der Waals surface area contributed by atoms with Gasteiger partial charge >= 0.3 is 6.18 Å². The van der Waals surface area contributed by atoms with Crippen LogP contribution in [-0.4, -0.2) is 40.9 Å². The Hall–Kier alpha value is -2.18. The van der Waals surface area contributed by atoms with E-state index in [0.29, 0.717) is 12.1 Å². The minimum absolute atomic E-state index is 0.0814. The summed E-state index contributed by atoms with van der Waals surface area (Å²) in [6.07, 6.45) is 0.900. The van der Waals surface area contributed by atoms with E-state index in [1.165, 1.54) is 0 Å². The monoisotopic (exact) mass is 435 g/mol. The Labute approximate surface area is 174 Å². The van der Waals surface area contributed by atoms with Crippen LogP contribution in [0.1, 0.15) is 24.8 Å². The topological polar surface area (TPSA) is 79.6 Å². The summed E-state index contributed by atoms with van der Waals surface area (Å²) in [6.45, 7) is 4.77. The van der Waals surface area contributed by atoms with E-state index in [0.717, 1.165) is 41.7 Å². The molecule has 2 atom stereocenters. The normalized spacial score (nSPS) is 19.7. The van der Waals surface area contributed by atoms with Crippen molar-refractivity contribution in [3.8, 4) is 11.3 Å². The van der Waals surface area contributed by atoms with Gasteiger partial charge in [0, 0.05) is 29.4 Å². The van der Waals surface area contributed by atoms with Crippen molar-refractivity contribution in [3.63, 3.8) is 0 Å². The molecule has 2 aromatic heterocycles. The molecule has 0 saturated heterocycles. The SMILES string of the molecule is CP(C)c1cccc2c(-c3nc(N[C@@H]4CCC[C@@H]4CN)ncc3C(F)(F)F)c[nH]c12. The number of alkyl halides is 3. The third kappa shape index (κ3) is 3.91. The maximum absolute atomic E-state index is 13.8. The molecule has 0 amide bonds. The van der Waals surface area contributed by atoms with Crippen molar-refractivity contribution in [1.29, 1.82) is 0 Å². The maximum Gasteiger partial charge on any atom is 0.419 e. The Morgan fingerprint density at radius 3 is 2.77 bits per heavy atom. The molecule has 2 heterocycles. The van der Waals surface area contributed by atoms with Gasteiger partial charge in [0.15, 0.2) is 0 Å². The lowest BCUT2D eigenvalue weighted by Gasteiger charge is -2.20. The van der Waals surface area contributed by atoms with Gasteiger partial charge in [-0.15, -0.1) is 0 Å². The Morgan fingerprint density at radius 1 is 1.27 bits per heavy atom. The van der Waals surface area contributed by atoms with Crippen molar-refractivity contribution >= 4 is 30.1 Å². The van der Waals surface area contributed by atoms with Crippen LogP contribution in [0.15, 0.2) is 30.6 Å². The van der Waals surface area contributed by atoms with Crippen LogP contribution >= 0.6 is 7.92 Å². The fourth-order valence-corrected chi connectivity index (χ4v) is 5.26. The number of aromatic amines is 1. The molecule has 30 heavy (non-hydrogen) atoms. The Kier molecular flexibility index (Phi) is 5.73. The van der Waals surface area contributed by atoms with Crippen molar-refractivity contribution in [2.45, 2.75) is 31.5 Å². The van der Waals surface area contributed by atoms with Gasteiger partial charge in [0.05, 0.1) is 11.2 Å². The lowest BCUT2D eigenvalue weighted by atomic mass is 10.0. The average molecular weight is 435 g/mol. The van der Waals surface area contributed by atoms with E-state index in [2.05, 4.69) is 33.6 Å². The van der Waals surface area contributed by atoms with E-state index in [-0.39, 0.29) is 23.6 Å². The van der Waals surface area contributed by atoms with E-state index in [1.54, 1.807) is 6.20 Å². The van der Waals surface area contributed by atoms with Crippen molar-refractivity contribution in [3.05, 3.63) is 36.2 Å². The highest BCUT2D eigenvalue weighted by atomic mass is 31.1. The molecular formula is C21H25F3N5P. The number of hydrogen-bond donors (Lipinski definition) is 3. The number of aromatic nitrogens is 3. The first-order chi connectivity index (χ1) is 14.3. The van der Waals surface area contributed by atoms with Crippen LogP contribution in [0.25, 0.3) is 22.2 Å². The van der Waals surface area contributed by atoms with Gasteiger partial charge in [-0.05, 0) is 43.9 Å². The second-order valence-corrected chi connectivity index (χ2v) is 10.2. The minimum Gasteiger partial charge on any atom is -0.360 e. The maximum atomic E-state index is 13.8. The molecular weight excluding hydrogens is 410 g/mol. The molecule has 0 radical (unpaired) electrons. The number of rotatable bonds is 5. The summed E-state index contributed by atoms with van der Waals surface area (Å²) in [6, 6.07) is 5.81. The second kappa shape index (κ2) is 8.16. The Morgan fingerprint density at radius 2 is 2.07 bits per heavy atom. The average Bonchev–Trinajstić information content (AvgIpc) is 3.33. The largest absolute Gasteiger partial charge is 0.419 e. The van der Waals surface area contributed by atoms with Gasteiger partial charge in [-0.1, -0.05) is 32.5 Å². The molecule has 1 aliphatic rings. The first-order valence-corrected chi connectivity index (χ1v) is 12.2. The number of nitrogens with zero attached hydrogens (tertiary/aromatic N) is 2. The number of nitrogens with two attached hydrogens (primary N) is 1. The molecule has 0 aliphatic heterocycles. The number of halogens is 3. The summed E-state index contributed by atoms with van der Waals surface area (Å²) in [4.78, 5) is 11.5. The van der Waals surface area contributed by atoms with Crippen LogP contribution in [0.4, 0.5) is 19.1 Å².